The van der Waals surface area contributed by atoms with Gasteiger partial charge in [0.2, 0.25) is 10.0 Å². The largest absolute Gasteiger partial charge is 0.495 e. The summed E-state index contributed by atoms with van der Waals surface area (Å²) in [6.45, 7) is 1.78. The molecule has 1 saturated carbocycles. The van der Waals surface area contributed by atoms with Crippen LogP contribution < -0.4 is 15.2 Å². The summed E-state index contributed by atoms with van der Waals surface area (Å²) < 4.78 is 32.8. The molecule has 2 rings (SSSR count). The maximum Gasteiger partial charge on any atom is 0.244 e. The Kier molecular flexibility index (Phi) is 4.75. The number of ether oxygens (including phenoxy) is 1. The van der Waals surface area contributed by atoms with Gasteiger partial charge in [-0.2, -0.15) is 0 Å². The van der Waals surface area contributed by atoms with E-state index in [1.54, 1.807) is 13.0 Å². The van der Waals surface area contributed by atoms with Crippen molar-refractivity contribution in [2.45, 2.75) is 49.6 Å². The van der Waals surface area contributed by atoms with Crippen molar-refractivity contribution in [1.29, 1.82) is 0 Å². The Labute approximate surface area is 125 Å². The predicted molar refractivity (Wildman–Crippen MR) is 80.7 cm³/mol. The van der Waals surface area contributed by atoms with Crippen LogP contribution in [0.25, 0.3) is 0 Å². The first kappa shape index (κ1) is 16.1. The SMILES string of the molecule is COc1cc(C)c(N)cc1S(=O)(=O)NC1CCCCC1O. The molecule has 1 aliphatic rings. The summed E-state index contributed by atoms with van der Waals surface area (Å²) in [6.07, 6.45) is 2.41. The van der Waals surface area contributed by atoms with Gasteiger partial charge in [-0.1, -0.05) is 12.8 Å². The van der Waals surface area contributed by atoms with Gasteiger partial charge >= 0.3 is 0 Å². The molecule has 4 N–H and O–H groups in total. The monoisotopic (exact) mass is 314 g/mol. The number of nitrogens with one attached hydrogen (secondary N) is 1. The number of aliphatic hydroxyl groups excluding tert-OH is 1. The highest BCUT2D eigenvalue weighted by molar-refractivity contribution is 7.89. The van der Waals surface area contributed by atoms with E-state index >= 15 is 0 Å². The van der Waals surface area contributed by atoms with E-state index in [1.165, 1.54) is 13.2 Å². The van der Waals surface area contributed by atoms with Crippen molar-refractivity contribution in [3.63, 3.8) is 0 Å². The van der Waals surface area contributed by atoms with Crippen LogP contribution >= 0.6 is 0 Å². The molecule has 1 fully saturated rings. The second kappa shape index (κ2) is 6.21. The molecule has 0 bridgehead atoms. The summed E-state index contributed by atoms with van der Waals surface area (Å²) in [4.78, 5) is 0.00544. The first-order chi connectivity index (χ1) is 9.85. The molecule has 1 aromatic rings. The summed E-state index contributed by atoms with van der Waals surface area (Å²) in [5.41, 5.74) is 6.95. The van der Waals surface area contributed by atoms with Crippen molar-refractivity contribution in [2.75, 3.05) is 12.8 Å². The fraction of sp³-hybridized carbons (Fsp3) is 0.571. The number of nitrogens with two attached hydrogens (primary N) is 1. The van der Waals surface area contributed by atoms with Gasteiger partial charge in [0.1, 0.15) is 10.6 Å². The number of aliphatic hydroxyl groups is 1. The number of rotatable bonds is 4. The third-order valence-corrected chi connectivity index (χ3v) is 5.39. The number of sulfonamides is 1. The molecule has 118 valence electrons. The molecule has 0 aromatic heterocycles. The van der Waals surface area contributed by atoms with Crippen molar-refractivity contribution in [2.24, 2.45) is 0 Å². The molecule has 0 spiro atoms. The zero-order valence-electron chi connectivity index (χ0n) is 12.3. The lowest BCUT2D eigenvalue weighted by Gasteiger charge is -2.28. The van der Waals surface area contributed by atoms with Crippen molar-refractivity contribution >= 4 is 15.7 Å². The zero-order chi connectivity index (χ0) is 15.6. The molecule has 0 aliphatic heterocycles. The van der Waals surface area contributed by atoms with Gasteiger partial charge in [-0.15, -0.1) is 0 Å². The van der Waals surface area contributed by atoms with Gasteiger partial charge in [0, 0.05) is 11.7 Å². The lowest BCUT2D eigenvalue weighted by atomic mass is 9.93. The van der Waals surface area contributed by atoms with Gasteiger partial charge in [0.05, 0.1) is 13.2 Å². The van der Waals surface area contributed by atoms with Gasteiger partial charge < -0.3 is 15.6 Å². The topological polar surface area (TPSA) is 102 Å². The summed E-state index contributed by atoms with van der Waals surface area (Å²) >= 11 is 0. The number of hydrogen-bond donors (Lipinski definition) is 3. The van der Waals surface area contributed by atoms with Gasteiger partial charge in [-0.3, -0.25) is 0 Å². The minimum absolute atomic E-state index is 0.00544. The fourth-order valence-corrected chi connectivity index (χ4v) is 4.05. The van der Waals surface area contributed by atoms with E-state index in [-0.39, 0.29) is 10.6 Å². The summed E-state index contributed by atoms with van der Waals surface area (Å²) in [7, 11) is -2.37. The molecule has 1 aromatic carbocycles. The molecule has 21 heavy (non-hydrogen) atoms. The molecule has 2 unspecified atom stereocenters. The highest BCUT2D eigenvalue weighted by atomic mass is 32.2. The van der Waals surface area contributed by atoms with Crippen molar-refractivity contribution < 1.29 is 18.3 Å². The Balaban J connectivity index is 2.33. The molecule has 0 amide bonds. The molecule has 0 heterocycles. The van der Waals surface area contributed by atoms with Gasteiger partial charge in [0.15, 0.2) is 0 Å². The normalized spacial score (nSPS) is 23.0. The van der Waals surface area contributed by atoms with Gasteiger partial charge in [-0.05, 0) is 37.5 Å². The minimum atomic E-state index is -3.79. The maximum atomic E-state index is 12.5. The van der Waals surface area contributed by atoms with Crippen LogP contribution in [0.15, 0.2) is 17.0 Å². The lowest BCUT2D eigenvalue weighted by molar-refractivity contribution is 0.101. The van der Waals surface area contributed by atoms with E-state index in [1.807, 2.05) is 0 Å². The Morgan fingerprint density at radius 3 is 2.62 bits per heavy atom. The quantitative estimate of drug-likeness (QED) is 0.724. The molecule has 0 saturated heterocycles. The second-order valence-electron chi connectivity index (χ2n) is 5.44. The first-order valence-corrected chi connectivity index (χ1v) is 8.48. The predicted octanol–water partition coefficient (Wildman–Crippen LogP) is 1.17. The van der Waals surface area contributed by atoms with Crippen LogP contribution in [0.4, 0.5) is 5.69 Å². The van der Waals surface area contributed by atoms with E-state index < -0.39 is 22.2 Å². The number of nitrogen functional groups attached to an aromatic ring is 1. The minimum Gasteiger partial charge on any atom is -0.495 e. The average molecular weight is 314 g/mol. The summed E-state index contributed by atoms with van der Waals surface area (Å²) in [5, 5.41) is 9.92. The fourth-order valence-electron chi connectivity index (χ4n) is 2.56. The molecule has 1 aliphatic carbocycles. The Morgan fingerprint density at radius 2 is 2.00 bits per heavy atom. The van der Waals surface area contributed by atoms with E-state index in [9.17, 15) is 13.5 Å². The molecule has 0 radical (unpaired) electrons. The van der Waals surface area contributed by atoms with Crippen LogP contribution in [0.1, 0.15) is 31.2 Å². The third-order valence-electron chi connectivity index (χ3n) is 3.88. The van der Waals surface area contributed by atoms with Crippen LogP contribution in [-0.4, -0.2) is 32.8 Å². The van der Waals surface area contributed by atoms with Crippen LogP contribution in [0.5, 0.6) is 5.75 Å². The molecular weight excluding hydrogens is 292 g/mol. The molecule has 6 nitrogen and oxygen atoms in total. The average Bonchev–Trinajstić information content (AvgIpc) is 2.43. The Hall–Kier alpha value is -1.31. The summed E-state index contributed by atoms with van der Waals surface area (Å²) in [6, 6.07) is 2.53. The number of anilines is 1. The van der Waals surface area contributed by atoms with E-state index in [4.69, 9.17) is 10.5 Å². The number of benzene rings is 1. The molecular formula is C14H22N2O4S. The number of methoxy groups -OCH3 is 1. The van der Waals surface area contributed by atoms with E-state index in [0.29, 0.717) is 18.5 Å². The number of hydrogen-bond acceptors (Lipinski definition) is 5. The lowest BCUT2D eigenvalue weighted by Crippen LogP contribution is -2.45. The van der Waals surface area contributed by atoms with Crippen LogP contribution in [-0.2, 0) is 10.0 Å². The maximum absolute atomic E-state index is 12.5. The van der Waals surface area contributed by atoms with Crippen LogP contribution in [0.2, 0.25) is 0 Å². The molecule has 2 atom stereocenters. The summed E-state index contributed by atoms with van der Waals surface area (Å²) in [5.74, 6) is 0.250. The highest BCUT2D eigenvalue weighted by Crippen LogP contribution is 2.30. The van der Waals surface area contributed by atoms with Crippen molar-refractivity contribution in [3.05, 3.63) is 17.7 Å². The smallest absolute Gasteiger partial charge is 0.244 e. The Morgan fingerprint density at radius 1 is 1.33 bits per heavy atom. The van der Waals surface area contributed by atoms with Gasteiger partial charge in [-0.25, -0.2) is 13.1 Å². The second-order valence-corrected chi connectivity index (χ2v) is 7.12. The van der Waals surface area contributed by atoms with Crippen molar-refractivity contribution in [1.82, 2.24) is 4.72 Å². The third kappa shape index (κ3) is 3.48. The van der Waals surface area contributed by atoms with E-state index in [0.717, 1.165) is 18.4 Å². The highest BCUT2D eigenvalue weighted by Gasteiger charge is 2.30. The van der Waals surface area contributed by atoms with E-state index in [2.05, 4.69) is 4.72 Å². The Bertz CT molecular complexity index is 616. The zero-order valence-corrected chi connectivity index (χ0v) is 13.1. The standard InChI is InChI=1S/C14H22N2O4S/c1-9-7-13(20-2)14(8-10(9)15)21(18,19)16-11-5-3-4-6-12(11)17/h7-8,11-12,16-17H,3-6,15H2,1-2H3. The van der Waals surface area contributed by atoms with Crippen molar-refractivity contribution in [3.8, 4) is 5.75 Å². The first-order valence-electron chi connectivity index (χ1n) is 6.99. The molecule has 7 heteroatoms. The van der Waals surface area contributed by atoms with Gasteiger partial charge in [0.25, 0.3) is 0 Å². The van der Waals surface area contributed by atoms with Crippen LogP contribution in [0, 0.1) is 6.92 Å². The van der Waals surface area contributed by atoms with Crippen LogP contribution in [0.3, 0.4) is 0 Å². The number of aryl methyl sites for hydroxylation is 1.